The average molecular weight is 355 g/mol. The molecular formula is C16H25N3O4S. The van der Waals surface area contributed by atoms with E-state index in [0.717, 1.165) is 40.5 Å². The van der Waals surface area contributed by atoms with E-state index in [-0.39, 0.29) is 10.9 Å². The number of nitrogens with one attached hydrogen (secondary N) is 1. The number of aromatic nitrogens is 2. The summed E-state index contributed by atoms with van der Waals surface area (Å²) in [6.07, 6.45) is 8.74. The van der Waals surface area contributed by atoms with Gasteiger partial charge in [0.2, 0.25) is 10.0 Å². The lowest BCUT2D eigenvalue weighted by Crippen LogP contribution is -2.45. The van der Waals surface area contributed by atoms with Crippen LogP contribution in [-0.2, 0) is 24.1 Å². The van der Waals surface area contributed by atoms with Crippen molar-refractivity contribution in [2.75, 3.05) is 0 Å². The summed E-state index contributed by atoms with van der Waals surface area (Å²) in [6, 6.07) is -0.128. The number of hydrogen-bond acceptors (Lipinski definition) is 4. The molecule has 0 aliphatic heterocycles. The summed E-state index contributed by atoms with van der Waals surface area (Å²) in [6.45, 7) is 0. The van der Waals surface area contributed by atoms with Crippen LogP contribution in [0.1, 0.15) is 44.9 Å². The third kappa shape index (κ3) is 3.21. The van der Waals surface area contributed by atoms with Gasteiger partial charge in [0, 0.05) is 26.3 Å². The Bertz CT molecular complexity index is 840. The monoisotopic (exact) mass is 355 g/mol. The van der Waals surface area contributed by atoms with Gasteiger partial charge in [-0.05, 0) is 31.1 Å². The van der Waals surface area contributed by atoms with Gasteiger partial charge in [-0.1, -0.05) is 25.7 Å². The SMILES string of the molecule is Cn1cc(S(=O)(=O)N[C@@H]2CC[C@@H]3CCCC[C@H]3C2)c(=O)n(C)c1=O. The first kappa shape index (κ1) is 17.4. The Balaban J connectivity index is 1.82. The van der Waals surface area contributed by atoms with Gasteiger partial charge in [-0.15, -0.1) is 0 Å². The van der Waals surface area contributed by atoms with E-state index in [1.807, 2.05) is 0 Å². The summed E-state index contributed by atoms with van der Waals surface area (Å²) in [5.74, 6) is 1.31. The smallest absolute Gasteiger partial charge is 0.302 e. The van der Waals surface area contributed by atoms with Crippen molar-refractivity contribution < 1.29 is 8.42 Å². The molecule has 8 heteroatoms. The zero-order chi connectivity index (χ0) is 17.5. The second kappa shape index (κ2) is 6.48. The van der Waals surface area contributed by atoms with Gasteiger partial charge >= 0.3 is 5.69 Å². The largest absolute Gasteiger partial charge is 0.330 e. The van der Waals surface area contributed by atoms with Crippen LogP contribution in [-0.4, -0.2) is 23.6 Å². The second-order valence-electron chi connectivity index (χ2n) is 7.19. The van der Waals surface area contributed by atoms with Gasteiger partial charge in [0.15, 0.2) is 4.90 Å². The molecule has 2 aliphatic carbocycles. The molecule has 1 N–H and O–H groups in total. The summed E-state index contributed by atoms with van der Waals surface area (Å²) in [5, 5.41) is 0. The first-order valence-corrected chi connectivity index (χ1v) is 10.1. The summed E-state index contributed by atoms with van der Waals surface area (Å²) >= 11 is 0. The molecule has 0 bridgehead atoms. The molecule has 0 saturated heterocycles. The molecule has 1 aromatic rings. The van der Waals surface area contributed by atoms with Gasteiger partial charge in [-0.25, -0.2) is 17.9 Å². The Morgan fingerprint density at radius 3 is 2.42 bits per heavy atom. The maximum Gasteiger partial charge on any atom is 0.330 e. The lowest BCUT2D eigenvalue weighted by Gasteiger charge is -2.39. The van der Waals surface area contributed by atoms with E-state index in [1.165, 1.54) is 39.8 Å². The fourth-order valence-corrected chi connectivity index (χ4v) is 5.67. The van der Waals surface area contributed by atoms with E-state index >= 15 is 0 Å². The highest BCUT2D eigenvalue weighted by Gasteiger charge is 2.34. The van der Waals surface area contributed by atoms with Crippen LogP contribution in [0, 0.1) is 11.8 Å². The van der Waals surface area contributed by atoms with Gasteiger partial charge in [0.05, 0.1) is 0 Å². The van der Waals surface area contributed by atoms with Crippen molar-refractivity contribution in [3.63, 3.8) is 0 Å². The Labute approximate surface area is 141 Å². The molecule has 134 valence electrons. The summed E-state index contributed by atoms with van der Waals surface area (Å²) in [4.78, 5) is 23.6. The molecule has 0 amide bonds. The Hall–Kier alpha value is -1.41. The fourth-order valence-electron chi connectivity index (χ4n) is 4.22. The maximum absolute atomic E-state index is 12.7. The average Bonchev–Trinajstić information content (AvgIpc) is 2.55. The Morgan fingerprint density at radius 2 is 1.71 bits per heavy atom. The molecule has 1 aromatic heterocycles. The molecule has 0 aromatic carbocycles. The standard InChI is InChI=1S/C16H25N3O4S/c1-18-10-14(15(20)19(2)16(18)21)24(22,23)17-13-8-7-11-5-3-4-6-12(11)9-13/h10-13,17H,3-9H2,1-2H3/t11-,12-,13+/m0/s1. The van der Waals surface area contributed by atoms with E-state index in [0.29, 0.717) is 5.92 Å². The van der Waals surface area contributed by atoms with Crippen LogP contribution < -0.4 is 16.0 Å². The van der Waals surface area contributed by atoms with Gasteiger partial charge in [-0.3, -0.25) is 9.36 Å². The van der Waals surface area contributed by atoms with Crippen LogP contribution in [0.2, 0.25) is 0 Å². The van der Waals surface area contributed by atoms with Crippen molar-refractivity contribution in [3.05, 3.63) is 27.0 Å². The highest BCUT2D eigenvalue weighted by atomic mass is 32.2. The van der Waals surface area contributed by atoms with E-state index in [4.69, 9.17) is 0 Å². The summed E-state index contributed by atoms with van der Waals surface area (Å²) in [5.41, 5.74) is -1.32. The minimum absolute atomic E-state index is 0.128. The predicted molar refractivity (Wildman–Crippen MR) is 90.3 cm³/mol. The molecule has 24 heavy (non-hydrogen) atoms. The normalized spacial score (nSPS) is 27.7. The molecule has 0 spiro atoms. The van der Waals surface area contributed by atoms with Gasteiger partial charge in [0.1, 0.15) is 0 Å². The van der Waals surface area contributed by atoms with Crippen molar-refractivity contribution in [3.8, 4) is 0 Å². The number of nitrogens with zero attached hydrogens (tertiary/aromatic N) is 2. The minimum Gasteiger partial charge on any atom is -0.302 e. The second-order valence-corrected chi connectivity index (χ2v) is 8.87. The van der Waals surface area contributed by atoms with E-state index in [1.54, 1.807) is 0 Å². The fraction of sp³-hybridized carbons (Fsp3) is 0.750. The number of rotatable bonds is 3. The quantitative estimate of drug-likeness (QED) is 0.865. The Kier molecular flexibility index (Phi) is 4.70. The van der Waals surface area contributed by atoms with Gasteiger partial charge in [-0.2, -0.15) is 0 Å². The zero-order valence-electron chi connectivity index (χ0n) is 14.2. The Morgan fingerprint density at radius 1 is 1.04 bits per heavy atom. The van der Waals surface area contributed by atoms with Crippen LogP contribution in [0.25, 0.3) is 0 Å². The molecule has 0 unspecified atom stereocenters. The van der Waals surface area contributed by atoms with Crippen molar-refractivity contribution in [2.24, 2.45) is 25.9 Å². The van der Waals surface area contributed by atoms with Crippen LogP contribution in [0.5, 0.6) is 0 Å². The summed E-state index contributed by atoms with van der Waals surface area (Å²) in [7, 11) is -1.21. The van der Waals surface area contributed by atoms with Crippen molar-refractivity contribution in [1.82, 2.24) is 13.9 Å². The minimum atomic E-state index is -3.93. The number of hydrogen-bond donors (Lipinski definition) is 1. The van der Waals surface area contributed by atoms with Crippen LogP contribution in [0.15, 0.2) is 20.7 Å². The molecule has 3 atom stereocenters. The first-order valence-electron chi connectivity index (χ1n) is 8.58. The van der Waals surface area contributed by atoms with Crippen LogP contribution in [0.4, 0.5) is 0 Å². The van der Waals surface area contributed by atoms with Crippen molar-refractivity contribution >= 4 is 10.0 Å². The molecule has 1 heterocycles. The lowest BCUT2D eigenvalue weighted by molar-refractivity contribution is 0.152. The molecule has 2 fully saturated rings. The number of aryl methyl sites for hydroxylation is 1. The maximum atomic E-state index is 12.7. The number of fused-ring (bicyclic) bond motifs is 1. The van der Waals surface area contributed by atoms with Crippen molar-refractivity contribution in [1.29, 1.82) is 0 Å². The zero-order valence-corrected chi connectivity index (χ0v) is 15.0. The third-order valence-corrected chi connectivity index (χ3v) is 7.07. The first-order chi connectivity index (χ1) is 11.3. The molecular weight excluding hydrogens is 330 g/mol. The molecule has 2 aliphatic rings. The lowest BCUT2D eigenvalue weighted by atomic mass is 9.70. The third-order valence-electron chi connectivity index (χ3n) is 5.57. The topological polar surface area (TPSA) is 90.2 Å². The highest BCUT2D eigenvalue weighted by Crippen LogP contribution is 2.40. The highest BCUT2D eigenvalue weighted by molar-refractivity contribution is 7.89. The number of sulfonamides is 1. The van der Waals surface area contributed by atoms with Gasteiger partial charge < -0.3 is 4.57 Å². The van der Waals surface area contributed by atoms with E-state index in [9.17, 15) is 18.0 Å². The van der Waals surface area contributed by atoms with Crippen molar-refractivity contribution in [2.45, 2.75) is 55.9 Å². The molecule has 7 nitrogen and oxygen atoms in total. The predicted octanol–water partition coefficient (Wildman–Crippen LogP) is 0.721. The van der Waals surface area contributed by atoms with E-state index in [2.05, 4.69) is 4.72 Å². The summed E-state index contributed by atoms with van der Waals surface area (Å²) < 4.78 is 30.0. The van der Waals surface area contributed by atoms with E-state index < -0.39 is 21.3 Å². The van der Waals surface area contributed by atoms with Crippen LogP contribution >= 0.6 is 0 Å². The molecule has 0 radical (unpaired) electrons. The van der Waals surface area contributed by atoms with Gasteiger partial charge in [0.25, 0.3) is 5.56 Å². The van der Waals surface area contributed by atoms with Crippen LogP contribution in [0.3, 0.4) is 0 Å². The molecule has 3 rings (SSSR count). The molecule has 2 saturated carbocycles.